The Hall–Kier alpha value is -0.380. The van der Waals surface area contributed by atoms with Crippen LogP contribution in [0.4, 0.5) is 0 Å². The molecule has 1 aromatic carbocycles. The Balaban J connectivity index is 2.24. The van der Waals surface area contributed by atoms with E-state index in [4.69, 9.17) is 10.5 Å². The zero-order chi connectivity index (χ0) is 11.6. The van der Waals surface area contributed by atoms with Crippen molar-refractivity contribution in [3.8, 4) is 0 Å². The highest BCUT2D eigenvalue weighted by molar-refractivity contribution is 9.10. The summed E-state index contributed by atoms with van der Waals surface area (Å²) in [6, 6.07) is 8.59. The summed E-state index contributed by atoms with van der Waals surface area (Å²) in [7, 11) is 0. The van der Waals surface area contributed by atoms with Crippen molar-refractivity contribution in [2.75, 3.05) is 19.8 Å². The topological polar surface area (TPSA) is 35.2 Å². The Bertz CT molecular complexity index is 345. The standard InChI is InChI=1S/C13H18BrNO/c1-10(6-7-15)13(8-16-9-13)11-2-4-12(14)5-3-11/h2-5,10H,6-9,15H2,1H3. The van der Waals surface area contributed by atoms with Crippen LogP contribution < -0.4 is 5.73 Å². The second-order valence-electron chi connectivity index (χ2n) is 4.63. The summed E-state index contributed by atoms with van der Waals surface area (Å²) in [5.74, 6) is 0.576. The number of benzene rings is 1. The van der Waals surface area contributed by atoms with E-state index in [-0.39, 0.29) is 5.41 Å². The van der Waals surface area contributed by atoms with E-state index >= 15 is 0 Å². The van der Waals surface area contributed by atoms with Crippen LogP contribution in [0.5, 0.6) is 0 Å². The zero-order valence-corrected chi connectivity index (χ0v) is 11.2. The molecule has 1 heterocycles. The second kappa shape index (κ2) is 4.86. The number of hydrogen-bond donors (Lipinski definition) is 1. The van der Waals surface area contributed by atoms with E-state index in [1.54, 1.807) is 0 Å². The Labute approximate surface area is 105 Å². The minimum Gasteiger partial charge on any atom is -0.379 e. The minimum atomic E-state index is 0.195. The molecule has 2 N–H and O–H groups in total. The number of ether oxygens (including phenoxy) is 1. The molecule has 88 valence electrons. The number of nitrogens with two attached hydrogens (primary N) is 1. The van der Waals surface area contributed by atoms with Crippen LogP contribution in [0, 0.1) is 5.92 Å². The van der Waals surface area contributed by atoms with E-state index in [2.05, 4.69) is 47.1 Å². The molecule has 0 amide bonds. The Morgan fingerprint density at radius 3 is 2.44 bits per heavy atom. The van der Waals surface area contributed by atoms with Crippen molar-refractivity contribution < 1.29 is 4.74 Å². The molecule has 1 fully saturated rings. The van der Waals surface area contributed by atoms with Crippen molar-refractivity contribution in [2.24, 2.45) is 11.7 Å². The third-order valence-corrected chi connectivity index (χ3v) is 4.21. The van der Waals surface area contributed by atoms with Gasteiger partial charge in [-0.15, -0.1) is 0 Å². The van der Waals surface area contributed by atoms with Crippen LogP contribution in [0.15, 0.2) is 28.7 Å². The highest BCUT2D eigenvalue weighted by atomic mass is 79.9. The summed E-state index contributed by atoms with van der Waals surface area (Å²) in [4.78, 5) is 0. The summed E-state index contributed by atoms with van der Waals surface area (Å²) in [6.45, 7) is 4.68. The molecule has 1 aliphatic heterocycles. The highest BCUT2D eigenvalue weighted by Gasteiger charge is 2.44. The average molecular weight is 284 g/mol. The number of hydrogen-bond acceptors (Lipinski definition) is 2. The first kappa shape index (κ1) is 12.1. The fourth-order valence-electron chi connectivity index (χ4n) is 2.37. The maximum absolute atomic E-state index is 5.66. The molecule has 1 aromatic rings. The van der Waals surface area contributed by atoms with Gasteiger partial charge in [0.25, 0.3) is 0 Å². The Morgan fingerprint density at radius 2 is 2.00 bits per heavy atom. The van der Waals surface area contributed by atoms with E-state index in [1.807, 2.05) is 0 Å². The molecule has 1 unspecified atom stereocenters. The number of halogens is 1. The molecule has 0 radical (unpaired) electrons. The van der Waals surface area contributed by atoms with Gasteiger partial charge in [-0.05, 0) is 36.6 Å². The lowest BCUT2D eigenvalue weighted by Gasteiger charge is -2.46. The maximum Gasteiger partial charge on any atom is 0.0588 e. The van der Waals surface area contributed by atoms with Crippen LogP contribution in [0.1, 0.15) is 18.9 Å². The van der Waals surface area contributed by atoms with Crippen LogP contribution >= 0.6 is 15.9 Å². The lowest BCUT2D eigenvalue weighted by molar-refractivity contribution is -0.0883. The van der Waals surface area contributed by atoms with Gasteiger partial charge in [0.15, 0.2) is 0 Å². The van der Waals surface area contributed by atoms with Crippen molar-refractivity contribution in [1.82, 2.24) is 0 Å². The first-order chi connectivity index (χ1) is 7.69. The van der Waals surface area contributed by atoms with Gasteiger partial charge >= 0.3 is 0 Å². The minimum absolute atomic E-state index is 0.195. The van der Waals surface area contributed by atoms with E-state index < -0.39 is 0 Å². The van der Waals surface area contributed by atoms with Crippen molar-refractivity contribution in [3.05, 3.63) is 34.3 Å². The SMILES string of the molecule is CC(CCN)C1(c2ccc(Br)cc2)COC1. The van der Waals surface area contributed by atoms with Crippen LogP contribution in [-0.2, 0) is 10.2 Å². The number of rotatable bonds is 4. The van der Waals surface area contributed by atoms with Crippen molar-refractivity contribution in [2.45, 2.75) is 18.8 Å². The molecule has 1 atom stereocenters. The molecule has 0 aliphatic carbocycles. The van der Waals surface area contributed by atoms with Crippen molar-refractivity contribution in [3.63, 3.8) is 0 Å². The Kier molecular flexibility index (Phi) is 3.67. The van der Waals surface area contributed by atoms with Gasteiger partial charge in [-0.25, -0.2) is 0 Å². The smallest absolute Gasteiger partial charge is 0.0588 e. The molecular weight excluding hydrogens is 266 g/mol. The van der Waals surface area contributed by atoms with Gasteiger partial charge in [0.1, 0.15) is 0 Å². The van der Waals surface area contributed by atoms with Gasteiger partial charge in [-0.2, -0.15) is 0 Å². The van der Waals surface area contributed by atoms with Gasteiger partial charge in [0.05, 0.1) is 13.2 Å². The van der Waals surface area contributed by atoms with Crippen LogP contribution in [0.2, 0.25) is 0 Å². The van der Waals surface area contributed by atoms with E-state index in [9.17, 15) is 0 Å². The summed E-state index contributed by atoms with van der Waals surface area (Å²) in [5.41, 5.74) is 7.23. The van der Waals surface area contributed by atoms with E-state index in [1.165, 1.54) is 5.56 Å². The lowest BCUT2D eigenvalue weighted by Crippen LogP contribution is -2.52. The molecular formula is C13H18BrNO. The third kappa shape index (κ3) is 2.04. The van der Waals surface area contributed by atoms with Crippen LogP contribution in [0.3, 0.4) is 0 Å². The molecule has 0 aromatic heterocycles. The van der Waals surface area contributed by atoms with E-state index in [0.29, 0.717) is 5.92 Å². The monoisotopic (exact) mass is 283 g/mol. The quantitative estimate of drug-likeness (QED) is 0.922. The molecule has 2 rings (SSSR count). The highest BCUT2D eigenvalue weighted by Crippen LogP contribution is 2.41. The predicted octanol–water partition coefficient (Wildman–Crippen LogP) is 2.70. The van der Waals surface area contributed by atoms with Crippen molar-refractivity contribution in [1.29, 1.82) is 0 Å². The summed E-state index contributed by atoms with van der Waals surface area (Å²) in [6.07, 6.45) is 1.05. The normalized spacial score (nSPS) is 20.2. The maximum atomic E-state index is 5.66. The average Bonchev–Trinajstić information content (AvgIpc) is 2.19. The summed E-state index contributed by atoms with van der Waals surface area (Å²) < 4.78 is 6.56. The Morgan fingerprint density at radius 1 is 1.38 bits per heavy atom. The molecule has 2 nitrogen and oxygen atoms in total. The molecule has 1 aliphatic rings. The fraction of sp³-hybridized carbons (Fsp3) is 0.538. The molecule has 1 saturated heterocycles. The third-order valence-electron chi connectivity index (χ3n) is 3.68. The zero-order valence-electron chi connectivity index (χ0n) is 9.58. The van der Waals surface area contributed by atoms with Gasteiger partial charge < -0.3 is 10.5 Å². The first-order valence-corrected chi connectivity index (χ1v) is 6.52. The fourth-order valence-corrected chi connectivity index (χ4v) is 2.63. The molecule has 16 heavy (non-hydrogen) atoms. The van der Waals surface area contributed by atoms with Gasteiger partial charge in [-0.3, -0.25) is 0 Å². The van der Waals surface area contributed by atoms with Gasteiger partial charge in [0.2, 0.25) is 0 Å². The van der Waals surface area contributed by atoms with Crippen LogP contribution in [-0.4, -0.2) is 19.8 Å². The van der Waals surface area contributed by atoms with Crippen LogP contribution in [0.25, 0.3) is 0 Å². The first-order valence-electron chi connectivity index (χ1n) is 5.73. The van der Waals surface area contributed by atoms with Gasteiger partial charge in [-0.1, -0.05) is 35.0 Å². The lowest BCUT2D eigenvalue weighted by atomic mass is 9.68. The predicted molar refractivity (Wildman–Crippen MR) is 69.5 cm³/mol. The summed E-state index contributed by atoms with van der Waals surface area (Å²) >= 11 is 3.47. The summed E-state index contributed by atoms with van der Waals surface area (Å²) in [5, 5.41) is 0. The molecule has 3 heteroatoms. The second-order valence-corrected chi connectivity index (χ2v) is 5.55. The molecule has 0 spiro atoms. The largest absolute Gasteiger partial charge is 0.379 e. The van der Waals surface area contributed by atoms with Crippen molar-refractivity contribution >= 4 is 15.9 Å². The molecule has 0 saturated carbocycles. The van der Waals surface area contributed by atoms with Gasteiger partial charge in [0, 0.05) is 9.89 Å². The molecule has 0 bridgehead atoms. The van der Waals surface area contributed by atoms with E-state index in [0.717, 1.165) is 30.7 Å².